The number of carbonyl (C=O) groups is 3. The summed E-state index contributed by atoms with van der Waals surface area (Å²) < 4.78 is 0. The molecule has 0 radical (unpaired) electrons. The van der Waals surface area contributed by atoms with E-state index >= 15 is 0 Å². The maximum Gasteiger partial charge on any atom is 0.211 e. The van der Waals surface area contributed by atoms with E-state index in [-0.39, 0.29) is 22.6 Å². The lowest BCUT2D eigenvalue weighted by molar-refractivity contribution is -0.169. The third-order valence-electron chi connectivity index (χ3n) is 7.06. The fourth-order valence-corrected chi connectivity index (χ4v) is 5.91. The van der Waals surface area contributed by atoms with E-state index < -0.39 is 75.0 Å². The van der Waals surface area contributed by atoms with E-state index in [1.807, 2.05) is 0 Å². The van der Waals surface area contributed by atoms with E-state index in [4.69, 9.17) is 17.3 Å². The van der Waals surface area contributed by atoms with Gasteiger partial charge in [-0.2, -0.15) is 0 Å². The van der Waals surface area contributed by atoms with E-state index in [0.717, 1.165) is 0 Å². The Balaban J connectivity index is 2.05. The second-order valence-corrected chi connectivity index (χ2v) is 9.49. The predicted octanol–water partition coefficient (Wildman–Crippen LogP) is 0.282. The highest BCUT2D eigenvalue weighted by Gasteiger charge is 2.68. The molecule has 33 heavy (non-hydrogen) atoms. The van der Waals surface area contributed by atoms with Crippen molar-refractivity contribution in [2.45, 2.75) is 30.6 Å². The van der Waals surface area contributed by atoms with Crippen LogP contribution in [0.1, 0.15) is 24.5 Å². The fourth-order valence-electron chi connectivity index (χ4n) is 5.57. The molecule has 0 unspecified atom stereocenters. The summed E-state index contributed by atoms with van der Waals surface area (Å²) in [6, 6.07) is 1.23. The minimum absolute atomic E-state index is 0.0184. The molecule has 1 aromatic rings. The summed E-state index contributed by atoms with van der Waals surface area (Å²) in [5, 5.41) is 54.2. The molecular formula is C22H23ClN2O8. The van der Waals surface area contributed by atoms with E-state index in [1.54, 1.807) is 0 Å². The predicted molar refractivity (Wildman–Crippen MR) is 115 cm³/mol. The number of aromatic hydroxyl groups is 1. The van der Waals surface area contributed by atoms with Gasteiger partial charge in [-0.1, -0.05) is 11.6 Å². The van der Waals surface area contributed by atoms with Crippen molar-refractivity contribution in [3.63, 3.8) is 0 Å². The number of rotatable bonds is 1. The third kappa shape index (κ3) is 2.75. The number of likely N-dealkylation sites (N-methyl/N-ethyl adjacent to an activating group) is 1. The van der Waals surface area contributed by atoms with Gasteiger partial charge in [-0.3, -0.25) is 19.3 Å². The third-order valence-corrected chi connectivity index (χ3v) is 7.37. The van der Waals surface area contributed by atoms with Gasteiger partial charge >= 0.3 is 0 Å². The molecule has 0 spiro atoms. The molecule has 2 fully saturated rings. The van der Waals surface area contributed by atoms with Crippen molar-refractivity contribution in [1.82, 2.24) is 4.90 Å². The molecule has 1 aromatic carbocycles. The van der Waals surface area contributed by atoms with Gasteiger partial charge in [-0.05, 0) is 39.6 Å². The number of ketones is 3. The lowest BCUT2D eigenvalue weighted by Gasteiger charge is -2.53. The first kappa shape index (κ1) is 23.2. The van der Waals surface area contributed by atoms with Gasteiger partial charge in [0.2, 0.25) is 11.6 Å². The molecule has 0 heterocycles. The Morgan fingerprint density at radius 1 is 1.15 bits per heavy atom. The van der Waals surface area contributed by atoms with Gasteiger partial charge in [-0.15, -0.1) is 0 Å². The summed E-state index contributed by atoms with van der Waals surface area (Å²) in [6.45, 7) is 1.33. The summed E-state index contributed by atoms with van der Waals surface area (Å²) in [6.07, 6.45) is -0.279. The molecule has 0 aliphatic heterocycles. The number of carbonyl (C=O) groups excluding carboxylic acids is 3. The molecule has 10 nitrogen and oxygen atoms in total. The second kappa shape index (κ2) is 7.04. The minimum Gasteiger partial charge on any atom is -0.507 e. The summed E-state index contributed by atoms with van der Waals surface area (Å²) >= 11 is 6.27. The summed E-state index contributed by atoms with van der Waals surface area (Å²) in [7, 11) is 2.97. The van der Waals surface area contributed by atoms with Crippen molar-refractivity contribution in [3.8, 4) is 5.75 Å². The number of hydrogen-bond acceptors (Lipinski definition) is 10. The van der Waals surface area contributed by atoms with Crippen LogP contribution < -0.4 is 5.73 Å². The first-order valence-electron chi connectivity index (χ1n) is 10.1. The van der Waals surface area contributed by atoms with Crippen molar-refractivity contribution in [1.29, 1.82) is 0 Å². The number of benzene rings is 1. The number of nitrogens with two attached hydrogens (primary N) is 1. The van der Waals surface area contributed by atoms with Crippen LogP contribution in [0.4, 0.5) is 0 Å². The molecule has 2 saturated carbocycles. The molecule has 0 aromatic heterocycles. The molecule has 0 bridgehead atoms. The van der Waals surface area contributed by atoms with Gasteiger partial charge < -0.3 is 31.3 Å². The Labute approximate surface area is 193 Å². The van der Waals surface area contributed by atoms with Crippen molar-refractivity contribution in [2.24, 2.45) is 17.6 Å². The second-order valence-electron chi connectivity index (χ2n) is 9.08. The van der Waals surface area contributed by atoms with Crippen LogP contribution in [-0.2, 0) is 20.0 Å². The van der Waals surface area contributed by atoms with E-state index in [0.29, 0.717) is 0 Å². The molecule has 3 aliphatic rings. The molecule has 176 valence electrons. The van der Waals surface area contributed by atoms with Gasteiger partial charge in [0.25, 0.3) is 0 Å². The number of fused-ring (bicyclic) bond motifs is 3. The van der Waals surface area contributed by atoms with Crippen molar-refractivity contribution >= 4 is 34.7 Å². The quantitative estimate of drug-likeness (QED) is 0.142. The Bertz CT molecular complexity index is 1200. The monoisotopic (exact) mass is 478 g/mol. The van der Waals surface area contributed by atoms with Crippen molar-refractivity contribution in [2.75, 3.05) is 14.1 Å². The average Bonchev–Trinajstić information content (AvgIpc) is 2.69. The minimum atomic E-state index is -2.85. The standard InChI is InChI=1S/C22H23ClN2O8/c1-21(32)7-6-8-15(25(2)3)17(28)13(20(24)31)19(30)22(8,33)18(29)11(7)16(27)12-10(26)5-4-9(23)14(12)21/h4-5,7-8,15,26-27,31-33H,6,24H2,1-3H3/t7-,8-,15-,21-,22-/m0/s1. The van der Waals surface area contributed by atoms with Crippen molar-refractivity contribution < 1.29 is 39.9 Å². The van der Waals surface area contributed by atoms with Crippen LogP contribution in [0.25, 0.3) is 5.76 Å². The van der Waals surface area contributed by atoms with Gasteiger partial charge in [0.05, 0.1) is 17.2 Å². The average molecular weight is 479 g/mol. The van der Waals surface area contributed by atoms with Crippen LogP contribution in [0.5, 0.6) is 5.75 Å². The number of Topliss-reactive ketones (excluding diaryl/α,β-unsaturated/α-hetero) is 3. The summed E-state index contributed by atoms with van der Waals surface area (Å²) in [5.74, 6) is -8.40. The highest BCUT2D eigenvalue weighted by atomic mass is 35.5. The Hall–Kier alpha value is -2.92. The Morgan fingerprint density at radius 2 is 1.76 bits per heavy atom. The molecule has 11 heteroatoms. The zero-order chi connectivity index (χ0) is 24.8. The van der Waals surface area contributed by atoms with Crippen LogP contribution in [0.2, 0.25) is 5.02 Å². The molecule has 0 saturated heterocycles. The van der Waals surface area contributed by atoms with E-state index in [9.17, 15) is 39.9 Å². The van der Waals surface area contributed by atoms with Crippen LogP contribution >= 0.6 is 11.6 Å². The topological polar surface area (TPSA) is 182 Å². The van der Waals surface area contributed by atoms with Gasteiger partial charge in [0.1, 0.15) is 17.1 Å². The highest BCUT2D eigenvalue weighted by molar-refractivity contribution is 6.36. The number of aliphatic hydroxyl groups is 4. The lowest BCUT2D eigenvalue weighted by Crippen LogP contribution is -2.70. The van der Waals surface area contributed by atoms with Crippen LogP contribution in [0.3, 0.4) is 0 Å². The van der Waals surface area contributed by atoms with Gasteiger partial charge in [0.15, 0.2) is 17.3 Å². The summed E-state index contributed by atoms with van der Waals surface area (Å²) in [5.41, 5.74) is -1.15. The van der Waals surface area contributed by atoms with Crippen LogP contribution in [0, 0.1) is 11.8 Å². The number of halogens is 1. The van der Waals surface area contributed by atoms with Crippen LogP contribution in [-0.4, -0.2) is 73.5 Å². The normalized spacial score (nSPS) is 35.4. The Kier molecular flexibility index (Phi) is 4.96. The molecular weight excluding hydrogens is 456 g/mol. The maximum absolute atomic E-state index is 13.7. The molecule has 4 rings (SSSR count). The zero-order valence-corrected chi connectivity index (χ0v) is 18.7. The van der Waals surface area contributed by atoms with E-state index in [1.165, 1.54) is 38.1 Å². The number of aliphatic hydroxyl groups excluding tert-OH is 2. The smallest absolute Gasteiger partial charge is 0.211 e. The molecule has 0 amide bonds. The number of hydrogen-bond donors (Lipinski definition) is 6. The van der Waals surface area contributed by atoms with E-state index in [2.05, 4.69) is 0 Å². The fraction of sp³-hybridized carbons (Fsp3) is 0.409. The number of phenolic OH excluding ortho intramolecular Hbond substituents is 1. The van der Waals surface area contributed by atoms with Crippen molar-refractivity contribution in [3.05, 3.63) is 45.3 Å². The maximum atomic E-state index is 13.7. The largest absolute Gasteiger partial charge is 0.507 e. The van der Waals surface area contributed by atoms with Crippen LogP contribution in [0.15, 0.2) is 29.2 Å². The zero-order valence-electron chi connectivity index (χ0n) is 18.0. The first-order chi connectivity index (χ1) is 15.2. The number of phenols is 1. The highest BCUT2D eigenvalue weighted by Crippen LogP contribution is 2.57. The lowest BCUT2D eigenvalue weighted by atomic mass is 9.53. The summed E-state index contributed by atoms with van der Waals surface area (Å²) in [4.78, 5) is 41.3. The molecule has 7 N–H and O–H groups in total. The number of nitrogens with zero attached hydrogens (tertiary/aromatic N) is 1. The Morgan fingerprint density at radius 3 is 2.30 bits per heavy atom. The van der Waals surface area contributed by atoms with Gasteiger partial charge in [-0.25, -0.2) is 0 Å². The van der Waals surface area contributed by atoms with Gasteiger partial charge in [0, 0.05) is 28.0 Å². The SMILES string of the molecule is CN(C)[C@@H]1C(=O)C(=C(N)O)C(=O)[C@@]2(O)C(=O)C3=C(O)c4c(O)ccc(Cl)c4[C@@](C)(O)[C@H]3C[C@@H]12. The first-order valence-corrected chi connectivity index (χ1v) is 10.5. The molecule has 3 aliphatic carbocycles. The molecule has 5 atom stereocenters.